The van der Waals surface area contributed by atoms with Crippen molar-refractivity contribution in [3.8, 4) is 0 Å². The summed E-state index contributed by atoms with van der Waals surface area (Å²) >= 11 is 6.01. The summed E-state index contributed by atoms with van der Waals surface area (Å²) in [4.78, 5) is 14.7. The van der Waals surface area contributed by atoms with E-state index in [4.69, 9.17) is 11.6 Å². The van der Waals surface area contributed by atoms with Crippen LogP contribution in [0.1, 0.15) is 51.8 Å². The fraction of sp³-hybridized carbons (Fsp3) is 0.714. The van der Waals surface area contributed by atoms with E-state index in [0.29, 0.717) is 17.1 Å². The van der Waals surface area contributed by atoms with Crippen LogP contribution in [0.2, 0.25) is 5.02 Å². The number of piperidine rings is 1. The smallest absolute Gasteiger partial charge is 0.247 e. The monoisotopic (exact) mass is 283 g/mol. The van der Waals surface area contributed by atoms with Crippen molar-refractivity contribution in [3.63, 3.8) is 0 Å². The van der Waals surface area contributed by atoms with Crippen molar-refractivity contribution >= 4 is 17.5 Å². The van der Waals surface area contributed by atoms with E-state index in [2.05, 4.69) is 18.9 Å². The molecule has 0 bridgehead atoms. The Hall–Kier alpha value is -1.03. The molecule has 106 valence electrons. The zero-order chi connectivity index (χ0) is 14.2. The Morgan fingerprint density at radius 3 is 2.47 bits per heavy atom. The number of hydrogen-bond donors (Lipinski definition) is 0. The fourth-order valence-electron chi connectivity index (χ4n) is 2.97. The van der Waals surface area contributed by atoms with Crippen LogP contribution in [-0.2, 0) is 4.79 Å². The van der Waals surface area contributed by atoms with Crippen molar-refractivity contribution in [3.05, 3.63) is 16.9 Å². The van der Waals surface area contributed by atoms with Crippen LogP contribution in [0.3, 0.4) is 0 Å². The highest BCUT2D eigenvalue weighted by Crippen LogP contribution is 2.26. The minimum Gasteiger partial charge on any atom is -0.335 e. The summed E-state index contributed by atoms with van der Waals surface area (Å²) in [5, 5.41) is 4.83. The van der Waals surface area contributed by atoms with Gasteiger partial charge < -0.3 is 4.90 Å². The highest BCUT2D eigenvalue weighted by Gasteiger charge is 2.33. The predicted molar refractivity (Wildman–Crippen MR) is 76.3 cm³/mol. The highest BCUT2D eigenvalue weighted by atomic mass is 35.5. The lowest BCUT2D eigenvalue weighted by Crippen LogP contribution is -2.50. The van der Waals surface area contributed by atoms with Crippen LogP contribution in [0, 0.1) is 6.92 Å². The molecule has 3 atom stereocenters. The van der Waals surface area contributed by atoms with Gasteiger partial charge in [0.25, 0.3) is 0 Å². The summed E-state index contributed by atoms with van der Waals surface area (Å²) in [5.41, 5.74) is 0.847. The van der Waals surface area contributed by atoms with Gasteiger partial charge in [0.1, 0.15) is 6.04 Å². The third-order valence-electron chi connectivity index (χ3n) is 4.16. The van der Waals surface area contributed by atoms with Gasteiger partial charge in [0.15, 0.2) is 0 Å². The zero-order valence-corrected chi connectivity index (χ0v) is 12.8. The van der Waals surface area contributed by atoms with E-state index in [-0.39, 0.29) is 11.9 Å². The molecule has 1 fully saturated rings. The molecule has 0 radical (unpaired) electrons. The van der Waals surface area contributed by atoms with Gasteiger partial charge in [-0.15, -0.1) is 0 Å². The molecule has 4 nitrogen and oxygen atoms in total. The van der Waals surface area contributed by atoms with E-state index < -0.39 is 0 Å². The maximum Gasteiger partial charge on any atom is 0.247 e. The van der Waals surface area contributed by atoms with Crippen LogP contribution in [0.25, 0.3) is 0 Å². The van der Waals surface area contributed by atoms with Crippen LogP contribution in [0.5, 0.6) is 0 Å². The lowest BCUT2D eigenvalue weighted by molar-refractivity contribution is -0.140. The Morgan fingerprint density at radius 1 is 1.42 bits per heavy atom. The first-order valence-electron chi connectivity index (χ1n) is 6.95. The number of likely N-dealkylation sites (tertiary alicyclic amines) is 1. The molecule has 0 saturated carbocycles. The van der Waals surface area contributed by atoms with E-state index in [1.54, 1.807) is 10.9 Å². The van der Waals surface area contributed by atoms with Gasteiger partial charge in [-0.3, -0.25) is 9.48 Å². The zero-order valence-electron chi connectivity index (χ0n) is 12.1. The number of hydrogen-bond acceptors (Lipinski definition) is 2. The third kappa shape index (κ3) is 2.64. The van der Waals surface area contributed by atoms with Crippen LogP contribution >= 0.6 is 11.6 Å². The largest absolute Gasteiger partial charge is 0.335 e. The second-order valence-electron chi connectivity index (χ2n) is 5.57. The summed E-state index contributed by atoms with van der Waals surface area (Å²) in [7, 11) is 0. The summed E-state index contributed by atoms with van der Waals surface area (Å²) in [6.45, 7) is 8.04. The highest BCUT2D eigenvalue weighted by molar-refractivity contribution is 6.31. The summed E-state index contributed by atoms with van der Waals surface area (Å²) in [5.74, 6) is 0.141. The Morgan fingerprint density at radius 2 is 2.00 bits per heavy atom. The van der Waals surface area contributed by atoms with Crippen molar-refractivity contribution in [1.29, 1.82) is 0 Å². The molecule has 5 heteroatoms. The van der Waals surface area contributed by atoms with Crippen molar-refractivity contribution in [1.82, 2.24) is 14.7 Å². The molecule has 0 unspecified atom stereocenters. The Bertz CT molecular complexity index is 461. The molecule has 0 aliphatic carbocycles. The van der Waals surface area contributed by atoms with Crippen LogP contribution in [-0.4, -0.2) is 32.7 Å². The van der Waals surface area contributed by atoms with Gasteiger partial charge >= 0.3 is 0 Å². The number of amides is 1. The standard InChI is InChI=1S/C14H22ClN3O/c1-9-6-5-7-10(2)17(9)14(19)12(4)18-11(3)13(15)8-16-18/h8-10,12H,5-7H2,1-4H3/t9-,10-,12+/m0/s1. The van der Waals surface area contributed by atoms with Crippen molar-refractivity contribution < 1.29 is 4.79 Å². The molecule has 1 saturated heterocycles. The van der Waals surface area contributed by atoms with Crippen LogP contribution in [0.15, 0.2) is 6.20 Å². The molecule has 0 N–H and O–H groups in total. The summed E-state index contributed by atoms with van der Waals surface area (Å²) < 4.78 is 1.72. The van der Waals surface area contributed by atoms with Gasteiger partial charge in [-0.05, 0) is 47.0 Å². The van der Waals surface area contributed by atoms with Gasteiger partial charge in [-0.25, -0.2) is 0 Å². The number of rotatable bonds is 2. The minimum absolute atomic E-state index is 0.141. The molecule has 0 aromatic carbocycles. The fourth-order valence-corrected chi connectivity index (χ4v) is 3.10. The first kappa shape index (κ1) is 14.4. The number of halogens is 1. The minimum atomic E-state index is -0.296. The SMILES string of the molecule is Cc1c(Cl)cnn1[C@H](C)C(=O)N1[C@@H](C)CCC[C@@H]1C. The molecule has 1 aliphatic rings. The van der Waals surface area contributed by atoms with Crippen LogP contribution in [0.4, 0.5) is 0 Å². The summed E-state index contributed by atoms with van der Waals surface area (Å²) in [6, 6.07) is 0.325. The molecule has 19 heavy (non-hydrogen) atoms. The third-order valence-corrected chi connectivity index (χ3v) is 4.53. The average Bonchev–Trinajstić information content (AvgIpc) is 2.69. The van der Waals surface area contributed by atoms with Crippen molar-refractivity contribution in [2.24, 2.45) is 0 Å². The van der Waals surface area contributed by atoms with E-state index in [1.807, 2.05) is 18.7 Å². The molecular weight excluding hydrogens is 262 g/mol. The topological polar surface area (TPSA) is 38.1 Å². The maximum atomic E-state index is 12.7. The van der Waals surface area contributed by atoms with E-state index >= 15 is 0 Å². The molecular formula is C14H22ClN3O. The first-order chi connectivity index (χ1) is 8.93. The van der Waals surface area contributed by atoms with E-state index in [1.165, 1.54) is 6.42 Å². The molecule has 2 rings (SSSR count). The van der Waals surface area contributed by atoms with Gasteiger partial charge in [-0.2, -0.15) is 5.10 Å². The molecule has 1 aromatic heterocycles. The number of carbonyl (C=O) groups is 1. The molecule has 1 aromatic rings. The predicted octanol–water partition coefficient (Wildman–Crippen LogP) is 3.20. The number of nitrogens with zero attached hydrogens (tertiary/aromatic N) is 3. The quantitative estimate of drug-likeness (QED) is 0.836. The maximum absolute atomic E-state index is 12.7. The van der Waals surface area contributed by atoms with Crippen LogP contribution < -0.4 is 0 Å². The molecule has 0 spiro atoms. The average molecular weight is 284 g/mol. The second-order valence-corrected chi connectivity index (χ2v) is 5.98. The van der Waals surface area contributed by atoms with Gasteiger partial charge in [0, 0.05) is 12.1 Å². The van der Waals surface area contributed by atoms with Gasteiger partial charge in [-0.1, -0.05) is 11.6 Å². The van der Waals surface area contributed by atoms with Crippen molar-refractivity contribution in [2.75, 3.05) is 0 Å². The Balaban J connectivity index is 2.21. The van der Waals surface area contributed by atoms with E-state index in [9.17, 15) is 4.79 Å². The number of carbonyl (C=O) groups excluding carboxylic acids is 1. The normalized spacial score (nSPS) is 25.4. The lowest BCUT2D eigenvalue weighted by atomic mass is 9.96. The second kappa shape index (κ2) is 5.53. The van der Waals surface area contributed by atoms with Gasteiger partial charge in [0.2, 0.25) is 5.91 Å². The summed E-state index contributed by atoms with van der Waals surface area (Å²) in [6.07, 6.45) is 4.97. The molecule has 2 heterocycles. The van der Waals surface area contributed by atoms with Gasteiger partial charge in [0.05, 0.1) is 16.9 Å². The Labute approximate surface area is 119 Å². The first-order valence-corrected chi connectivity index (χ1v) is 7.33. The number of aromatic nitrogens is 2. The Kier molecular flexibility index (Phi) is 4.19. The lowest BCUT2D eigenvalue weighted by Gasteiger charge is -2.40. The molecule has 1 amide bonds. The molecule has 1 aliphatic heterocycles. The van der Waals surface area contributed by atoms with Crippen molar-refractivity contribution in [2.45, 2.75) is 65.1 Å². The van der Waals surface area contributed by atoms with E-state index in [0.717, 1.165) is 18.5 Å².